The Morgan fingerprint density at radius 2 is 2.25 bits per heavy atom. The first-order valence-corrected chi connectivity index (χ1v) is 6.64. The third-order valence-electron chi connectivity index (χ3n) is 2.81. The van der Waals surface area contributed by atoms with E-state index in [2.05, 4.69) is 25.7 Å². The Labute approximate surface area is 100 Å². The lowest BCUT2D eigenvalue weighted by Gasteiger charge is -2.32. The number of hydrogen-bond acceptors (Lipinski definition) is 3. The molecular formula is C13H27NO2. The van der Waals surface area contributed by atoms with E-state index in [0.29, 0.717) is 5.92 Å². The summed E-state index contributed by atoms with van der Waals surface area (Å²) in [6.45, 7) is 12.4. The third-order valence-corrected chi connectivity index (χ3v) is 2.81. The van der Waals surface area contributed by atoms with Gasteiger partial charge < -0.3 is 9.47 Å². The van der Waals surface area contributed by atoms with Gasteiger partial charge in [0.25, 0.3) is 0 Å². The van der Waals surface area contributed by atoms with E-state index < -0.39 is 0 Å². The maximum absolute atomic E-state index is 5.70. The molecular weight excluding hydrogens is 202 g/mol. The quantitative estimate of drug-likeness (QED) is 0.668. The molecule has 1 rings (SSSR count). The molecule has 0 aromatic carbocycles. The number of unbranched alkanes of at least 4 members (excludes halogenated alkanes) is 1. The van der Waals surface area contributed by atoms with E-state index in [-0.39, 0.29) is 6.10 Å². The lowest BCUT2D eigenvalue weighted by atomic mass is 10.2. The highest BCUT2D eigenvalue weighted by Gasteiger charge is 2.19. The van der Waals surface area contributed by atoms with Gasteiger partial charge in [0.2, 0.25) is 0 Å². The molecule has 16 heavy (non-hydrogen) atoms. The minimum absolute atomic E-state index is 0.282. The molecule has 1 unspecified atom stereocenters. The van der Waals surface area contributed by atoms with E-state index in [1.807, 2.05) is 0 Å². The highest BCUT2D eigenvalue weighted by Crippen LogP contribution is 2.07. The molecule has 1 aliphatic rings. The maximum Gasteiger partial charge on any atom is 0.0935 e. The van der Waals surface area contributed by atoms with E-state index in [1.165, 1.54) is 19.4 Å². The summed E-state index contributed by atoms with van der Waals surface area (Å²) in [4.78, 5) is 2.50. The van der Waals surface area contributed by atoms with Crippen molar-refractivity contribution in [1.82, 2.24) is 4.90 Å². The van der Waals surface area contributed by atoms with Crippen LogP contribution in [-0.4, -0.2) is 50.5 Å². The van der Waals surface area contributed by atoms with Gasteiger partial charge in [-0.3, -0.25) is 4.90 Å². The van der Waals surface area contributed by atoms with Gasteiger partial charge in [-0.05, 0) is 18.9 Å². The zero-order valence-electron chi connectivity index (χ0n) is 11.1. The van der Waals surface area contributed by atoms with Gasteiger partial charge >= 0.3 is 0 Å². The molecule has 1 fully saturated rings. The van der Waals surface area contributed by atoms with Crippen molar-refractivity contribution in [1.29, 1.82) is 0 Å². The summed E-state index contributed by atoms with van der Waals surface area (Å²) in [6, 6.07) is 0. The third kappa shape index (κ3) is 5.83. The fourth-order valence-corrected chi connectivity index (χ4v) is 1.90. The second kappa shape index (κ2) is 8.04. The van der Waals surface area contributed by atoms with Gasteiger partial charge in [0.15, 0.2) is 0 Å². The molecule has 0 saturated carbocycles. The number of ether oxygens (including phenoxy) is 2. The van der Waals surface area contributed by atoms with Gasteiger partial charge in [0.05, 0.1) is 19.3 Å². The predicted octanol–water partition coefficient (Wildman–Crippen LogP) is 2.16. The Bertz CT molecular complexity index is 173. The van der Waals surface area contributed by atoms with E-state index >= 15 is 0 Å². The van der Waals surface area contributed by atoms with Crippen LogP contribution in [-0.2, 0) is 9.47 Å². The van der Waals surface area contributed by atoms with Crippen LogP contribution in [0.4, 0.5) is 0 Å². The molecule has 3 heteroatoms. The normalized spacial score (nSPS) is 22.9. The fourth-order valence-electron chi connectivity index (χ4n) is 1.90. The topological polar surface area (TPSA) is 21.7 Å². The molecule has 96 valence electrons. The molecule has 1 aliphatic heterocycles. The van der Waals surface area contributed by atoms with Gasteiger partial charge in [0.1, 0.15) is 0 Å². The van der Waals surface area contributed by atoms with E-state index in [0.717, 1.165) is 32.9 Å². The van der Waals surface area contributed by atoms with Crippen molar-refractivity contribution in [3.63, 3.8) is 0 Å². The average Bonchev–Trinajstić information content (AvgIpc) is 2.26. The Kier molecular flexibility index (Phi) is 7.01. The molecule has 1 heterocycles. The minimum atomic E-state index is 0.282. The zero-order chi connectivity index (χ0) is 11.8. The van der Waals surface area contributed by atoms with Crippen molar-refractivity contribution >= 4 is 0 Å². The second-order valence-corrected chi connectivity index (χ2v) is 5.08. The van der Waals surface area contributed by atoms with Gasteiger partial charge in [-0.15, -0.1) is 0 Å². The Hall–Kier alpha value is -0.120. The van der Waals surface area contributed by atoms with Crippen molar-refractivity contribution in [2.45, 2.75) is 39.7 Å². The lowest BCUT2D eigenvalue weighted by molar-refractivity contribution is -0.0721. The number of hydrogen-bond donors (Lipinski definition) is 0. The van der Waals surface area contributed by atoms with E-state index in [4.69, 9.17) is 9.47 Å². The largest absolute Gasteiger partial charge is 0.378 e. The second-order valence-electron chi connectivity index (χ2n) is 5.08. The molecule has 0 amide bonds. The summed E-state index contributed by atoms with van der Waals surface area (Å²) in [5, 5.41) is 0. The Morgan fingerprint density at radius 1 is 1.44 bits per heavy atom. The highest BCUT2D eigenvalue weighted by molar-refractivity contribution is 4.71. The van der Waals surface area contributed by atoms with Crippen molar-refractivity contribution in [2.24, 2.45) is 5.92 Å². The van der Waals surface area contributed by atoms with Crippen LogP contribution in [0.2, 0.25) is 0 Å². The monoisotopic (exact) mass is 229 g/mol. The first kappa shape index (κ1) is 13.9. The van der Waals surface area contributed by atoms with Gasteiger partial charge in [0, 0.05) is 19.7 Å². The fraction of sp³-hybridized carbons (Fsp3) is 1.00. The van der Waals surface area contributed by atoms with Crippen LogP contribution in [0.15, 0.2) is 0 Å². The van der Waals surface area contributed by atoms with Crippen LogP contribution in [0, 0.1) is 5.92 Å². The summed E-state index contributed by atoms with van der Waals surface area (Å²) >= 11 is 0. The average molecular weight is 229 g/mol. The van der Waals surface area contributed by atoms with Crippen molar-refractivity contribution in [2.75, 3.05) is 39.5 Å². The van der Waals surface area contributed by atoms with Crippen LogP contribution in [0.1, 0.15) is 33.6 Å². The van der Waals surface area contributed by atoms with Crippen LogP contribution < -0.4 is 0 Å². The van der Waals surface area contributed by atoms with Crippen LogP contribution >= 0.6 is 0 Å². The molecule has 3 nitrogen and oxygen atoms in total. The van der Waals surface area contributed by atoms with Crippen LogP contribution in [0.5, 0.6) is 0 Å². The Balaban J connectivity index is 2.12. The van der Waals surface area contributed by atoms with Gasteiger partial charge in [-0.2, -0.15) is 0 Å². The summed E-state index contributed by atoms with van der Waals surface area (Å²) in [5.41, 5.74) is 0. The molecule has 1 atom stereocenters. The Morgan fingerprint density at radius 3 is 2.94 bits per heavy atom. The molecule has 0 bridgehead atoms. The number of rotatable bonds is 7. The van der Waals surface area contributed by atoms with E-state index in [1.54, 1.807) is 0 Å². The predicted molar refractivity (Wildman–Crippen MR) is 66.7 cm³/mol. The number of nitrogens with zero attached hydrogens (tertiary/aromatic N) is 1. The summed E-state index contributed by atoms with van der Waals surface area (Å²) < 4.78 is 11.3. The van der Waals surface area contributed by atoms with Crippen molar-refractivity contribution in [3.8, 4) is 0 Å². The molecule has 0 N–H and O–H groups in total. The van der Waals surface area contributed by atoms with Gasteiger partial charge in [-0.1, -0.05) is 27.2 Å². The van der Waals surface area contributed by atoms with Crippen LogP contribution in [0.3, 0.4) is 0 Å². The SMILES string of the molecule is CCCCN1CCOC(COCC(C)C)C1. The molecule has 1 saturated heterocycles. The molecule has 0 radical (unpaired) electrons. The van der Waals surface area contributed by atoms with Crippen molar-refractivity contribution in [3.05, 3.63) is 0 Å². The van der Waals surface area contributed by atoms with Crippen LogP contribution in [0.25, 0.3) is 0 Å². The molecule has 0 spiro atoms. The van der Waals surface area contributed by atoms with Gasteiger partial charge in [-0.25, -0.2) is 0 Å². The number of morpholine rings is 1. The van der Waals surface area contributed by atoms with Crippen molar-refractivity contribution < 1.29 is 9.47 Å². The first-order chi connectivity index (χ1) is 7.72. The lowest BCUT2D eigenvalue weighted by Crippen LogP contribution is -2.44. The summed E-state index contributed by atoms with van der Waals surface area (Å²) in [6.07, 6.45) is 2.84. The molecule has 0 aromatic heterocycles. The summed E-state index contributed by atoms with van der Waals surface area (Å²) in [5.74, 6) is 0.611. The van der Waals surface area contributed by atoms with E-state index in [9.17, 15) is 0 Å². The minimum Gasteiger partial charge on any atom is -0.378 e. The zero-order valence-corrected chi connectivity index (χ0v) is 11.1. The first-order valence-electron chi connectivity index (χ1n) is 6.64. The standard InChI is InChI=1S/C13H27NO2/c1-4-5-6-14-7-8-16-13(9-14)11-15-10-12(2)3/h12-13H,4-11H2,1-3H3. The maximum atomic E-state index is 5.70. The summed E-state index contributed by atoms with van der Waals surface area (Å²) in [7, 11) is 0. The highest BCUT2D eigenvalue weighted by atomic mass is 16.5. The molecule has 0 aromatic rings. The smallest absolute Gasteiger partial charge is 0.0935 e. The molecule has 0 aliphatic carbocycles.